The first-order valence-electron chi connectivity index (χ1n) is 10.8. The molecule has 1 aliphatic heterocycles. The van der Waals surface area contributed by atoms with Crippen molar-refractivity contribution in [3.8, 4) is 0 Å². The zero-order valence-electron chi connectivity index (χ0n) is 17.4. The van der Waals surface area contributed by atoms with Crippen molar-refractivity contribution in [2.75, 3.05) is 4.90 Å². The van der Waals surface area contributed by atoms with E-state index in [4.69, 9.17) is 5.73 Å². The van der Waals surface area contributed by atoms with Crippen molar-refractivity contribution in [2.24, 2.45) is 11.7 Å². The number of ketones is 1. The van der Waals surface area contributed by atoms with E-state index in [-0.39, 0.29) is 5.78 Å². The summed E-state index contributed by atoms with van der Waals surface area (Å²) in [4.78, 5) is 23.7. The highest BCUT2D eigenvalue weighted by molar-refractivity contribution is 6.09. The Balaban J connectivity index is 1.44. The number of H-pyrrole nitrogens is 1. The molecular weight excluding hydrogens is 396 g/mol. The Morgan fingerprint density at radius 1 is 0.906 bits per heavy atom. The lowest BCUT2D eigenvalue weighted by molar-refractivity contribution is 0.0892. The second-order valence-corrected chi connectivity index (χ2v) is 8.29. The summed E-state index contributed by atoms with van der Waals surface area (Å²) in [6, 6.07) is 28.2. The number of anilines is 2. The normalized spacial score (nSPS) is 18.1. The van der Waals surface area contributed by atoms with Crippen LogP contribution in [0.15, 0.2) is 91.1 Å². The number of nitrogens with zero attached hydrogens (tertiary/aromatic N) is 2. The summed E-state index contributed by atoms with van der Waals surface area (Å²) >= 11 is 0. The number of pyridine rings is 1. The molecule has 5 aromatic rings. The van der Waals surface area contributed by atoms with Gasteiger partial charge in [-0.15, -0.1) is 0 Å². The van der Waals surface area contributed by atoms with E-state index < -0.39 is 12.1 Å². The highest BCUT2D eigenvalue weighted by Crippen LogP contribution is 2.38. The molecule has 0 saturated carbocycles. The van der Waals surface area contributed by atoms with Crippen molar-refractivity contribution in [1.82, 2.24) is 9.97 Å². The van der Waals surface area contributed by atoms with Crippen molar-refractivity contribution in [3.63, 3.8) is 0 Å². The largest absolute Gasteiger partial charge is 0.353 e. The maximum absolute atomic E-state index is 13.7. The number of hydrogen-bond acceptors (Lipinski definition) is 4. The van der Waals surface area contributed by atoms with Gasteiger partial charge in [0.25, 0.3) is 0 Å². The molecule has 5 nitrogen and oxygen atoms in total. The van der Waals surface area contributed by atoms with E-state index in [0.29, 0.717) is 12.1 Å². The Morgan fingerprint density at radius 3 is 2.53 bits per heavy atom. The first-order valence-corrected chi connectivity index (χ1v) is 10.8. The molecule has 0 fully saturated rings. The van der Waals surface area contributed by atoms with Gasteiger partial charge in [-0.05, 0) is 42.3 Å². The van der Waals surface area contributed by atoms with E-state index in [1.54, 1.807) is 6.20 Å². The molecule has 3 N–H and O–H groups in total. The number of hydrogen-bond donors (Lipinski definition) is 2. The Bertz CT molecular complexity index is 1460. The number of rotatable bonds is 3. The lowest BCUT2D eigenvalue weighted by Gasteiger charge is -2.41. The highest BCUT2D eigenvalue weighted by Gasteiger charge is 2.37. The maximum Gasteiger partial charge on any atom is 0.188 e. The van der Waals surface area contributed by atoms with Gasteiger partial charge in [0.05, 0.1) is 23.8 Å². The summed E-state index contributed by atoms with van der Waals surface area (Å²) in [5, 5.41) is 2.09. The SMILES string of the molecule is NC1C(C(=O)c2cc3c(cn2)[nH]c2ccccc23)Cc2ccccc2N1c1ccccc1. The van der Waals surface area contributed by atoms with Crippen LogP contribution in [0.25, 0.3) is 21.8 Å². The van der Waals surface area contributed by atoms with Gasteiger partial charge in [-0.3, -0.25) is 9.78 Å². The number of carbonyl (C=O) groups excluding carboxylic acids is 1. The van der Waals surface area contributed by atoms with Gasteiger partial charge in [-0.25, -0.2) is 0 Å². The Labute approximate surface area is 185 Å². The molecular formula is C27H22N4O. The van der Waals surface area contributed by atoms with Crippen LogP contribution >= 0.6 is 0 Å². The van der Waals surface area contributed by atoms with Crippen LogP contribution in [0.4, 0.5) is 11.4 Å². The second kappa shape index (κ2) is 7.32. The summed E-state index contributed by atoms with van der Waals surface area (Å²) < 4.78 is 0. The fourth-order valence-electron chi connectivity index (χ4n) is 4.84. The van der Waals surface area contributed by atoms with Gasteiger partial charge < -0.3 is 15.6 Å². The molecule has 6 rings (SSSR count). The molecule has 32 heavy (non-hydrogen) atoms. The predicted molar refractivity (Wildman–Crippen MR) is 128 cm³/mol. The van der Waals surface area contributed by atoms with Crippen molar-refractivity contribution < 1.29 is 4.79 Å². The maximum atomic E-state index is 13.7. The standard InChI is InChI=1S/C27H22N4O/c28-27-21(14-17-8-4-7-13-25(17)31(27)18-9-2-1-3-10-18)26(32)23-15-20-19-11-5-6-12-22(19)30-24(20)16-29-23/h1-13,15-16,21,27,30H,14,28H2. The molecule has 156 valence electrons. The van der Waals surface area contributed by atoms with Crippen molar-refractivity contribution in [1.29, 1.82) is 0 Å². The minimum Gasteiger partial charge on any atom is -0.353 e. The van der Waals surface area contributed by atoms with Gasteiger partial charge >= 0.3 is 0 Å². The van der Waals surface area contributed by atoms with E-state index >= 15 is 0 Å². The van der Waals surface area contributed by atoms with Gasteiger partial charge in [0.2, 0.25) is 0 Å². The van der Waals surface area contributed by atoms with Crippen LogP contribution in [-0.2, 0) is 6.42 Å². The smallest absolute Gasteiger partial charge is 0.188 e. The first kappa shape index (κ1) is 18.8. The summed E-state index contributed by atoms with van der Waals surface area (Å²) in [5.74, 6) is -0.430. The minimum absolute atomic E-state index is 0.0277. The highest BCUT2D eigenvalue weighted by atomic mass is 16.1. The summed E-state index contributed by atoms with van der Waals surface area (Å²) in [7, 11) is 0. The van der Waals surface area contributed by atoms with Crippen molar-refractivity contribution in [2.45, 2.75) is 12.6 Å². The molecule has 0 radical (unpaired) electrons. The average Bonchev–Trinajstić information content (AvgIpc) is 3.22. The fraction of sp³-hybridized carbons (Fsp3) is 0.111. The molecule has 0 amide bonds. The van der Waals surface area contributed by atoms with Crippen LogP contribution in [-0.4, -0.2) is 21.9 Å². The van der Waals surface area contributed by atoms with Crippen LogP contribution in [0.5, 0.6) is 0 Å². The van der Waals surface area contributed by atoms with Gasteiger partial charge in [0, 0.05) is 27.7 Å². The van der Waals surface area contributed by atoms with Crippen molar-refractivity contribution in [3.05, 3.63) is 102 Å². The molecule has 0 spiro atoms. The third kappa shape index (κ3) is 2.90. The molecule has 2 unspecified atom stereocenters. The number of carbonyl (C=O) groups is 1. The second-order valence-electron chi connectivity index (χ2n) is 8.29. The lowest BCUT2D eigenvalue weighted by Crippen LogP contribution is -2.51. The monoisotopic (exact) mass is 418 g/mol. The molecule has 3 aromatic carbocycles. The molecule has 5 heteroatoms. The van der Waals surface area contributed by atoms with Crippen LogP contribution < -0.4 is 10.6 Å². The Kier molecular flexibility index (Phi) is 4.30. The molecule has 3 heterocycles. The Morgan fingerprint density at radius 2 is 1.66 bits per heavy atom. The van der Waals surface area contributed by atoms with Crippen LogP contribution in [0.1, 0.15) is 16.1 Å². The van der Waals surface area contributed by atoms with E-state index in [1.165, 1.54) is 0 Å². The minimum atomic E-state index is -0.486. The molecule has 0 saturated heterocycles. The number of aromatic amines is 1. The van der Waals surface area contributed by atoms with E-state index in [1.807, 2.05) is 66.7 Å². The third-order valence-corrected chi connectivity index (χ3v) is 6.42. The summed E-state index contributed by atoms with van der Waals surface area (Å²) in [6.45, 7) is 0. The lowest BCUT2D eigenvalue weighted by atomic mass is 9.85. The fourth-order valence-corrected chi connectivity index (χ4v) is 4.84. The molecule has 2 aromatic heterocycles. The summed E-state index contributed by atoms with van der Waals surface area (Å²) in [5.41, 5.74) is 12.3. The quantitative estimate of drug-likeness (QED) is 0.395. The van der Waals surface area contributed by atoms with Gasteiger partial charge in [0.15, 0.2) is 5.78 Å². The number of Topliss-reactive ketones (excluding diaryl/α,β-unsaturated/α-hetero) is 1. The zero-order valence-corrected chi connectivity index (χ0v) is 17.4. The number of para-hydroxylation sites is 3. The van der Waals surface area contributed by atoms with E-state index in [2.05, 4.69) is 33.1 Å². The van der Waals surface area contributed by atoms with Crippen LogP contribution in [0.3, 0.4) is 0 Å². The number of nitrogens with one attached hydrogen (secondary N) is 1. The van der Waals surface area contributed by atoms with Crippen LogP contribution in [0.2, 0.25) is 0 Å². The molecule has 1 aliphatic rings. The molecule has 0 aliphatic carbocycles. The van der Waals surface area contributed by atoms with Gasteiger partial charge in [-0.1, -0.05) is 54.6 Å². The topological polar surface area (TPSA) is 75.0 Å². The predicted octanol–water partition coefficient (Wildman–Crippen LogP) is 5.19. The van der Waals surface area contributed by atoms with Crippen molar-refractivity contribution >= 4 is 39.0 Å². The van der Waals surface area contributed by atoms with Gasteiger partial charge in [0.1, 0.15) is 5.69 Å². The zero-order chi connectivity index (χ0) is 21.7. The third-order valence-electron chi connectivity index (χ3n) is 6.42. The number of benzene rings is 3. The van der Waals surface area contributed by atoms with E-state index in [9.17, 15) is 4.79 Å². The number of fused-ring (bicyclic) bond motifs is 4. The van der Waals surface area contributed by atoms with E-state index in [0.717, 1.165) is 38.7 Å². The molecule has 2 atom stereocenters. The van der Waals surface area contributed by atoms with Gasteiger partial charge in [-0.2, -0.15) is 0 Å². The van der Waals surface area contributed by atoms with Crippen LogP contribution in [0, 0.1) is 5.92 Å². The number of aromatic nitrogens is 2. The first-order chi connectivity index (χ1) is 15.7. The average molecular weight is 419 g/mol. The summed E-state index contributed by atoms with van der Waals surface area (Å²) in [6.07, 6.45) is 1.85. The molecule has 0 bridgehead atoms. The number of nitrogens with two attached hydrogens (primary N) is 1. The Hall–Kier alpha value is -3.96.